The summed E-state index contributed by atoms with van der Waals surface area (Å²) < 4.78 is 5.01. The second-order valence-corrected chi connectivity index (χ2v) is 9.94. The maximum absolute atomic E-state index is 12.5. The fourth-order valence-electron chi connectivity index (χ4n) is 3.79. The molecule has 1 atom stereocenters. The van der Waals surface area contributed by atoms with Gasteiger partial charge in [-0.05, 0) is 43.0 Å². The Balaban J connectivity index is 1.86. The molecule has 186 valence electrons. The van der Waals surface area contributed by atoms with E-state index < -0.39 is 0 Å². The molecule has 0 spiro atoms. The van der Waals surface area contributed by atoms with E-state index in [1.807, 2.05) is 31.0 Å². The predicted molar refractivity (Wildman–Crippen MR) is 136 cm³/mol. The van der Waals surface area contributed by atoms with Crippen LogP contribution in [0.1, 0.15) is 43.1 Å². The van der Waals surface area contributed by atoms with Gasteiger partial charge >= 0.3 is 0 Å². The highest BCUT2D eigenvalue weighted by molar-refractivity contribution is 5.95. The number of amides is 1. The zero-order valence-corrected chi connectivity index (χ0v) is 21.2. The number of hydrogen-bond donors (Lipinski definition) is 4. The lowest BCUT2D eigenvalue weighted by Gasteiger charge is -2.27. The van der Waals surface area contributed by atoms with E-state index in [0.717, 1.165) is 37.3 Å². The standard InChI is InChI=1S/C24H38N8O2/c1-16-7-8-17(20(33)26-11-12-34-6)13-19(16)28-22-29-21(27-18-9-10-25-14-18)30-23(31-22)32(5)15-24(2,3)4/h7-8,13,18,25H,9-12,14-15H2,1-6H3,(H,26,33)(H2,27,28,29,30,31)/t18-/m1/s1. The van der Waals surface area contributed by atoms with Crippen LogP contribution in [0.25, 0.3) is 0 Å². The van der Waals surface area contributed by atoms with Crippen molar-refractivity contribution >= 4 is 29.4 Å². The highest BCUT2D eigenvalue weighted by Crippen LogP contribution is 2.24. The van der Waals surface area contributed by atoms with Gasteiger partial charge in [0.05, 0.1) is 6.61 Å². The van der Waals surface area contributed by atoms with Crippen molar-refractivity contribution in [2.24, 2.45) is 5.41 Å². The second-order valence-electron chi connectivity index (χ2n) is 9.94. The van der Waals surface area contributed by atoms with Crippen LogP contribution in [0.2, 0.25) is 0 Å². The molecule has 10 nitrogen and oxygen atoms in total. The average molecular weight is 471 g/mol. The van der Waals surface area contributed by atoms with Crippen LogP contribution in [0.5, 0.6) is 0 Å². The van der Waals surface area contributed by atoms with Gasteiger partial charge in [-0.1, -0.05) is 26.8 Å². The molecule has 2 heterocycles. The maximum atomic E-state index is 12.5. The fraction of sp³-hybridized carbons (Fsp3) is 0.583. The molecule has 1 fully saturated rings. The number of benzene rings is 1. The summed E-state index contributed by atoms with van der Waals surface area (Å²) in [4.78, 5) is 28.5. The number of anilines is 4. The summed E-state index contributed by atoms with van der Waals surface area (Å²) in [6.45, 7) is 12.1. The molecule has 3 rings (SSSR count). The van der Waals surface area contributed by atoms with Gasteiger partial charge in [-0.3, -0.25) is 4.79 Å². The van der Waals surface area contributed by atoms with E-state index in [-0.39, 0.29) is 17.4 Å². The molecule has 0 unspecified atom stereocenters. The number of ether oxygens (including phenoxy) is 1. The number of methoxy groups -OCH3 is 1. The highest BCUT2D eigenvalue weighted by Gasteiger charge is 2.20. The first-order valence-electron chi connectivity index (χ1n) is 11.7. The van der Waals surface area contributed by atoms with Crippen molar-refractivity contribution in [3.63, 3.8) is 0 Å². The molecular formula is C24H38N8O2. The smallest absolute Gasteiger partial charge is 0.251 e. The summed E-state index contributed by atoms with van der Waals surface area (Å²) in [5.41, 5.74) is 2.38. The van der Waals surface area contributed by atoms with E-state index in [1.54, 1.807) is 13.2 Å². The third-order valence-corrected chi connectivity index (χ3v) is 5.41. The van der Waals surface area contributed by atoms with Crippen molar-refractivity contribution in [2.45, 2.75) is 40.2 Å². The van der Waals surface area contributed by atoms with Crippen LogP contribution in [0.3, 0.4) is 0 Å². The Kier molecular flexibility index (Phi) is 8.62. The predicted octanol–water partition coefficient (Wildman–Crippen LogP) is 2.56. The lowest BCUT2D eigenvalue weighted by molar-refractivity contribution is 0.0937. The molecule has 34 heavy (non-hydrogen) atoms. The Labute approximate surface area is 202 Å². The summed E-state index contributed by atoms with van der Waals surface area (Å²) in [7, 11) is 3.59. The topological polar surface area (TPSA) is 116 Å². The number of hydrogen-bond acceptors (Lipinski definition) is 9. The summed E-state index contributed by atoms with van der Waals surface area (Å²) in [5, 5.41) is 12.9. The normalized spacial score (nSPS) is 15.8. The molecule has 4 N–H and O–H groups in total. The molecule has 2 aromatic rings. The van der Waals surface area contributed by atoms with Gasteiger partial charge in [0, 0.05) is 51.1 Å². The van der Waals surface area contributed by atoms with Gasteiger partial charge in [0.1, 0.15) is 0 Å². The van der Waals surface area contributed by atoms with Gasteiger partial charge in [0.15, 0.2) is 0 Å². The third kappa shape index (κ3) is 7.53. The molecule has 1 aliphatic heterocycles. The molecule has 1 aliphatic rings. The van der Waals surface area contributed by atoms with Gasteiger partial charge in [-0.15, -0.1) is 0 Å². The lowest BCUT2D eigenvalue weighted by Crippen LogP contribution is -2.31. The molecule has 0 aliphatic carbocycles. The number of carbonyl (C=O) groups is 1. The Hall–Kier alpha value is -2.98. The van der Waals surface area contributed by atoms with Crippen molar-refractivity contribution < 1.29 is 9.53 Å². The zero-order valence-electron chi connectivity index (χ0n) is 21.2. The van der Waals surface area contributed by atoms with E-state index in [0.29, 0.717) is 36.6 Å². The minimum absolute atomic E-state index is 0.0824. The first kappa shape index (κ1) is 25.6. The van der Waals surface area contributed by atoms with Crippen LogP contribution in [0.4, 0.5) is 23.5 Å². The summed E-state index contributed by atoms with van der Waals surface area (Å²) >= 11 is 0. The number of nitrogens with zero attached hydrogens (tertiary/aromatic N) is 4. The Bertz CT molecular complexity index is 970. The molecule has 0 saturated carbocycles. The van der Waals surface area contributed by atoms with Crippen molar-refractivity contribution in [1.82, 2.24) is 25.6 Å². The fourth-order valence-corrected chi connectivity index (χ4v) is 3.79. The molecule has 10 heteroatoms. The van der Waals surface area contributed by atoms with Gasteiger partial charge in [-0.25, -0.2) is 0 Å². The van der Waals surface area contributed by atoms with Gasteiger partial charge in [0.2, 0.25) is 17.8 Å². The Morgan fingerprint density at radius 3 is 2.68 bits per heavy atom. The number of rotatable bonds is 10. The minimum atomic E-state index is -0.155. The van der Waals surface area contributed by atoms with Gasteiger partial charge < -0.3 is 30.9 Å². The van der Waals surface area contributed by atoms with Crippen molar-refractivity contribution in [3.8, 4) is 0 Å². The SMILES string of the molecule is COCCNC(=O)c1ccc(C)c(Nc2nc(N[C@@H]3CCNC3)nc(N(C)CC(C)(C)C)n2)c1. The molecule has 1 saturated heterocycles. The average Bonchev–Trinajstić information content (AvgIpc) is 3.27. The van der Waals surface area contributed by atoms with Crippen LogP contribution >= 0.6 is 0 Å². The summed E-state index contributed by atoms with van der Waals surface area (Å²) in [5.74, 6) is 1.40. The van der Waals surface area contributed by atoms with Gasteiger partial charge in [-0.2, -0.15) is 15.0 Å². The molecule has 1 aromatic heterocycles. The number of aryl methyl sites for hydroxylation is 1. The van der Waals surface area contributed by atoms with Gasteiger partial charge in [0.25, 0.3) is 5.91 Å². The maximum Gasteiger partial charge on any atom is 0.251 e. The highest BCUT2D eigenvalue weighted by atomic mass is 16.5. The van der Waals surface area contributed by atoms with E-state index in [2.05, 4.69) is 57.0 Å². The summed E-state index contributed by atoms with van der Waals surface area (Å²) in [6, 6.07) is 5.80. The molecule has 0 bridgehead atoms. The minimum Gasteiger partial charge on any atom is -0.383 e. The quantitative estimate of drug-likeness (QED) is 0.389. The monoisotopic (exact) mass is 470 g/mol. The van der Waals surface area contributed by atoms with Crippen LogP contribution < -0.4 is 26.2 Å². The molecular weight excluding hydrogens is 432 g/mol. The summed E-state index contributed by atoms with van der Waals surface area (Å²) in [6.07, 6.45) is 1.01. The second kappa shape index (κ2) is 11.4. The van der Waals surface area contributed by atoms with Crippen LogP contribution in [0.15, 0.2) is 18.2 Å². The number of aromatic nitrogens is 3. The van der Waals surface area contributed by atoms with E-state index in [1.165, 1.54) is 0 Å². The van der Waals surface area contributed by atoms with Crippen molar-refractivity contribution in [2.75, 3.05) is 62.5 Å². The van der Waals surface area contributed by atoms with Crippen molar-refractivity contribution in [1.29, 1.82) is 0 Å². The molecule has 0 radical (unpaired) electrons. The van der Waals surface area contributed by atoms with E-state index >= 15 is 0 Å². The Morgan fingerprint density at radius 2 is 2.00 bits per heavy atom. The van der Waals surface area contributed by atoms with E-state index in [4.69, 9.17) is 4.74 Å². The molecule has 1 amide bonds. The third-order valence-electron chi connectivity index (χ3n) is 5.41. The van der Waals surface area contributed by atoms with Crippen LogP contribution in [-0.4, -0.2) is 73.8 Å². The number of carbonyl (C=O) groups excluding carboxylic acids is 1. The zero-order chi connectivity index (χ0) is 24.7. The largest absolute Gasteiger partial charge is 0.383 e. The number of nitrogens with one attached hydrogen (secondary N) is 4. The van der Waals surface area contributed by atoms with Crippen LogP contribution in [-0.2, 0) is 4.74 Å². The van der Waals surface area contributed by atoms with Crippen molar-refractivity contribution in [3.05, 3.63) is 29.3 Å². The Morgan fingerprint density at radius 1 is 1.24 bits per heavy atom. The van der Waals surface area contributed by atoms with Crippen LogP contribution in [0, 0.1) is 12.3 Å². The van der Waals surface area contributed by atoms with E-state index in [9.17, 15) is 4.79 Å². The molecule has 1 aromatic carbocycles. The first-order chi connectivity index (χ1) is 16.1. The first-order valence-corrected chi connectivity index (χ1v) is 11.7. The lowest BCUT2D eigenvalue weighted by atomic mass is 9.96.